The molecule has 100 valence electrons. The molecule has 0 spiro atoms. The summed E-state index contributed by atoms with van der Waals surface area (Å²) in [4.78, 5) is 11.5. The fourth-order valence-corrected chi connectivity index (χ4v) is 1.89. The maximum Gasteiger partial charge on any atom is 0.422 e. The SMILES string of the molecule is N#CC1CN(NC(=O)OCc2ccccc2)CC1O. The quantitative estimate of drug-likeness (QED) is 0.834. The first-order chi connectivity index (χ1) is 9.19. The van der Waals surface area contributed by atoms with Crippen LogP contribution in [-0.4, -0.2) is 35.4 Å². The Hall–Kier alpha value is -2.10. The number of amides is 1. The van der Waals surface area contributed by atoms with E-state index in [2.05, 4.69) is 5.43 Å². The van der Waals surface area contributed by atoms with Crippen LogP contribution in [0.3, 0.4) is 0 Å². The van der Waals surface area contributed by atoms with Gasteiger partial charge in [-0.15, -0.1) is 0 Å². The number of carbonyl (C=O) groups is 1. The van der Waals surface area contributed by atoms with Crippen LogP contribution in [0.4, 0.5) is 4.79 Å². The number of nitriles is 1. The molecule has 1 aromatic rings. The number of benzene rings is 1. The van der Waals surface area contributed by atoms with Gasteiger partial charge < -0.3 is 9.84 Å². The molecule has 6 nitrogen and oxygen atoms in total. The van der Waals surface area contributed by atoms with Gasteiger partial charge in [0.1, 0.15) is 6.61 Å². The predicted octanol–water partition coefficient (Wildman–Crippen LogP) is 0.644. The zero-order chi connectivity index (χ0) is 13.7. The number of hydrogen-bond donors (Lipinski definition) is 2. The average molecular weight is 261 g/mol. The Balaban J connectivity index is 1.75. The summed E-state index contributed by atoms with van der Waals surface area (Å²) in [5.41, 5.74) is 3.40. The molecule has 1 fully saturated rings. The number of aliphatic hydroxyl groups is 1. The Bertz CT molecular complexity index is 472. The zero-order valence-corrected chi connectivity index (χ0v) is 10.3. The monoisotopic (exact) mass is 261 g/mol. The molecule has 6 heteroatoms. The van der Waals surface area contributed by atoms with Gasteiger partial charge >= 0.3 is 6.09 Å². The van der Waals surface area contributed by atoms with Crippen molar-refractivity contribution in [1.82, 2.24) is 10.4 Å². The van der Waals surface area contributed by atoms with Crippen molar-refractivity contribution in [3.8, 4) is 6.07 Å². The molecule has 1 heterocycles. The van der Waals surface area contributed by atoms with Crippen LogP contribution in [0.5, 0.6) is 0 Å². The fourth-order valence-electron chi connectivity index (χ4n) is 1.89. The Kier molecular flexibility index (Phi) is 4.34. The van der Waals surface area contributed by atoms with Gasteiger partial charge in [-0.3, -0.25) is 5.43 Å². The molecule has 0 aliphatic carbocycles. The lowest BCUT2D eigenvalue weighted by Gasteiger charge is -2.16. The normalized spacial score (nSPS) is 22.7. The van der Waals surface area contributed by atoms with Gasteiger partial charge in [-0.25, -0.2) is 9.80 Å². The second kappa shape index (κ2) is 6.18. The largest absolute Gasteiger partial charge is 0.444 e. The van der Waals surface area contributed by atoms with E-state index in [1.165, 1.54) is 5.01 Å². The molecule has 19 heavy (non-hydrogen) atoms. The van der Waals surface area contributed by atoms with Crippen molar-refractivity contribution >= 4 is 6.09 Å². The maximum atomic E-state index is 11.5. The molecule has 1 aromatic carbocycles. The Morgan fingerprint density at radius 1 is 1.47 bits per heavy atom. The van der Waals surface area contributed by atoms with Crippen LogP contribution in [0, 0.1) is 17.2 Å². The lowest BCUT2D eigenvalue weighted by molar-refractivity contribution is 0.101. The molecule has 0 radical (unpaired) electrons. The summed E-state index contributed by atoms with van der Waals surface area (Å²) in [6.45, 7) is 0.724. The highest BCUT2D eigenvalue weighted by molar-refractivity contribution is 5.66. The molecular weight excluding hydrogens is 246 g/mol. The lowest BCUT2D eigenvalue weighted by atomic mass is 10.1. The van der Waals surface area contributed by atoms with Gasteiger partial charge in [-0.05, 0) is 5.56 Å². The van der Waals surface area contributed by atoms with Crippen LogP contribution in [-0.2, 0) is 11.3 Å². The van der Waals surface area contributed by atoms with E-state index in [9.17, 15) is 9.90 Å². The third kappa shape index (κ3) is 3.68. The van der Waals surface area contributed by atoms with Gasteiger partial charge in [0.15, 0.2) is 0 Å². The fraction of sp³-hybridized carbons (Fsp3) is 0.385. The van der Waals surface area contributed by atoms with E-state index in [0.717, 1.165) is 5.56 Å². The summed E-state index contributed by atoms with van der Waals surface area (Å²) in [7, 11) is 0. The van der Waals surface area contributed by atoms with E-state index in [1.54, 1.807) is 0 Å². The standard InChI is InChI=1S/C13H15N3O3/c14-6-11-7-16(8-12(11)17)15-13(18)19-9-10-4-2-1-3-5-10/h1-5,11-12,17H,7-9H2,(H,15,18). The van der Waals surface area contributed by atoms with Crippen LogP contribution >= 0.6 is 0 Å². The van der Waals surface area contributed by atoms with Gasteiger partial charge in [-0.1, -0.05) is 30.3 Å². The molecule has 1 aliphatic rings. The third-order valence-corrected chi connectivity index (χ3v) is 2.92. The van der Waals surface area contributed by atoms with E-state index >= 15 is 0 Å². The van der Waals surface area contributed by atoms with Crippen LogP contribution < -0.4 is 5.43 Å². The average Bonchev–Trinajstić information content (AvgIpc) is 2.77. The van der Waals surface area contributed by atoms with Crippen LogP contribution in [0.1, 0.15) is 5.56 Å². The van der Waals surface area contributed by atoms with Gasteiger partial charge in [0.05, 0.1) is 18.1 Å². The minimum Gasteiger partial charge on any atom is -0.444 e. The topological polar surface area (TPSA) is 85.6 Å². The highest BCUT2D eigenvalue weighted by Crippen LogP contribution is 2.13. The third-order valence-electron chi connectivity index (χ3n) is 2.92. The maximum absolute atomic E-state index is 11.5. The number of hydrogen-bond acceptors (Lipinski definition) is 5. The van der Waals surface area contributed by atoms with Crippen LogP contribution in [0.15, 0.2) is 30.3 Å². The molecule has 0 bridgehead atoms. The first-order valence-electron chi connectivity index (χ1n) is 5.99. The van der Waals surface area contributed by atoms with Crippen molar-refractivity contribution < 1.29 is 14.6 Å². The van der Waals surface area contributed by atoms with Crippen molar-refractivity contribution in [1.29, 1.82) is 5.26 Å². The number of nitrogens with zero attached hydrogens (tertiary/aromatic N) is 2. The minimum atomic E-state index is -0.737. The number of β-amino-alcohol motifs (C(OH)–C–C–N with tert-alkyl or cyclic N) is 1. The molecular formula is C13H15N3O3. The first-order valence-corrected chi connectivity index (χ1v) is 5.99. The summed E-state index contributed by atoms with van der Waals surface area (Å²) >= 11 is 0. The van der Waals surface area contributed by atoms with E-state index in [4.69, 9.17) is 10.00 Å². The lowest BCUT2D eigenvalue weighted by Crippen LogP contribution is -2.41. The number of nitrogens with one attached hydrogen (secondary N) is 1. The Morgan fingerprint density at radius 3 is 2.84 bits per heavy atom. The van der Waals surface area contributed by atoms with E-state index < -0.39 is 18.1 Å². The highest BCUT2D eigenvalue weighted by atomic mass is 16.6. The van der Waals surface area contributed by atoms with E-state index in [0.29, 0.717) is 6.54 Å². The van der Waals surface area contributed by atoms with E-state index in [-0.39, 0.29) is 13.2 Å². The van der Waals surface area contributed by atoms with Crippen molar-refractivity contribution in [2.75, 3.05) is 13.1 Å². The number of carbonyl (C=O) groups excluding carboxylic acids is 1. The summed E-state index contributed by atoms with van der Waals surface area (Å²) in [6.07, 6.45) is -1.32. The molecule has 0 aromatic heterocycles. The van der Waals surface area contributed by atoms with Crippen molar-refractivity contribution in [3.05, 3.63) is 35.9 Å². The molecule has 1 amide bonds. The predicted molar refractivity (Wildman–Crippen MR) is 66.4 cm³/mol. The Labute approximate surface area is 111 Å². The minimum absolute atomic E-state index is 0.185. The second-order valence-electron chi connectivity index (χ2n) is 4.38. The van der Waals surface area contributed by atoms with Gasteiger partial charge in [-0.2, -0.15) is 5.26 Å². The molecule has 2 rings (SSSR count). The molecule has 2 unspecified atom stereocenters. The number of ether oxygens (including phenoxy) is 1. The van der Waals surface area contributed by atoms with Crippen LogP contribution in [0.2, 0.25) is 0 Å². The smallest absolute Gasteiger partial charge is 0.422 e. The molecule has 0 saturated carbocycles. The molecule has 1 aliphatic heterocycles. The van der Waals surface area contributed by atoms with Crippen molar-refractivity contribution in [3.63, 3.8) is 0 Å². The number of hydrazine groups is 1. The van der Waals surface area contributed by atoms with Crippen LogP contribution in [0.25, 0.3) is 0 Å². The Morgan fingerprint density at radius 2 is 2.21 bits per heavy atom. The summed E-state index contributed by atoms with van der Waals surface area (Å²) in [6, 6.07) is 11.3. The van der Waals surface area contributed by atoms with Gasteiger partial charge in [0, 0.05) is 13.1 Å². The van der Waals surface area contributed by atoms with E-state index in [1.807, 2.05) is 36.4 Å². The van der Waals surface area contributed by atoms with Crippen molar-refractivity contribution in [2.45, 2.75) is 12.7 Å². The van der Waals surface area contributed by atoms with Gasteiger partial charge in [0.25, 0.3) is 0 Å². The van der Waals surface area contributed by atoms with Crippen molar-refractivity contribution in [2.24, 2.45) is 5.92 Å². The van der Waals surface area contributed by atoms with Gasteiger partial charge in [0.2, 0.25) is 0 Å². The summed E-state index contributed by atoms with van der Waals surface area (Å²) in [5, 5.41) is 19.8. The summed E-state index contributed by atoms with van der Waals surface area (Å²) in [5.74, 6) is -0.477. The molecule has 2 atom stereocenters. The zero-order valence-electron chi connectivity index (χ0n) is 10.3. The second-order valence-corrected chi connectivity index (χ2v) is 4.38. The molecule has 2 N–H and O–H groups in total. The molecule has 1 saturated heterocycles. The highest BCUT2D eigenvalue weighted by Gasteiger charge is 2.32. The number of rotatable bonds is 3. The summed E-state index contributed by atoms with van der Waals surface area (Å²) < 4.78 is 5.04. The first kappa shape index (κ1) is 13.3. The number of aliphatic hydroxyl groups excluding tert-OH is 1.